The topological polar surface area (TPSA) is 34.1 Å². The molecule has 0 fully saturated rings. The van der Waals surface area contributed by atoms with Gasteiger partial charge in [0.05, 0.1) is 11.4 Å². The third-order valence-electron chi connectivity index (χ3n) is 3.66. The number of aromatic nitrogens is 1. The van der Waals surface area contributed by atoms with Crippen molar-refractivity contribution in [3.63, 3.8) is 0 Å². The lowest BCUT2D eigenvalue weighted by atomic mass is 9.98. The van der Waals surface area contributed by atoms with Crippen molar-refractivity contribution in [3.8, 4) is 5.75 Å². The Balaban J connectivity index is 2.08. The fraction of sp³-hybridized carbons (Fsp3) is 0.389. The summed E-state index contributed by atoms with van der Waals surface area (Å²) < 4.78 is 6.00. The van der Waals surface area contributed by atoms with E-state index in [4.69, 9.17) is 4.74 Å². The summed E-state index contributed by atoms with van der Waals surface area (Å²) in [6, 6.07) is 14.3. The molecule has 0 radical (unpaired) electrons. The molecule has 0 aliphatic carbocycles. The van der Waals surface area contributed by atoms with Gasteiger partial charge in [0.2, 0.25) is 0 Å². The van der Waals surface area contributed by atoms with Crippen molar-refractivity contribution in [2.75, 3.05) is 7.05 Å². The highest BCUT2D eigenvalue weighted by Crippen LogP contribution is 2.28. The lowest BCUT2D eigenvalue weighted by molar-refractivity contribution is 0.296. The lowest BCUT2D eigenvalue weighted by Crippen LogP contribution is -2.09. The predicted octanol–water partition coefficient (Wildman–Crippen LogP) is 3.89. The smallest absolute Gasteiger partial charge is 0.130 e. The standard InChI is InChI=1S/C18H24N2O/c1-4-14(2)17-10-5-6-11-18(17)21-13-16-9-7-8-15(20-16)12-19-3/h5-11,14,19H,4,12-13H2,1-3H3. The van der Waals surface area contributed by atoms with Gasteiger partial charge in [-0.15, -0.1) is 0 Å². The normalized spacial score (nSPS) is 12.1. The van der Waals surface area contributed by atoms with Crippen molar-refractivity contribution in [2.45, 2.75) is 39.3 Å². The second-order valence-corrected chi connectivity index (χ2v) is 5.29. The number of hydrogen-bond donors (Lipinski definition) is 1. The maximum Gasteiger partial charge on any atom is 0.130 e. The molecule has 3 nitrogen and oxygen atoms in total. The van der Waals surface area contributed by atoms with Crippen molar-refractivity contribution in [1.29, 1.82) is 0 Å². The Kier molecular flexibility index (Phi) is 5.76. The quantitative estimate of drug-likeness (QED) is 0.837. The number of benzene rings is 1. The van der Waals surface area contributed by atoms with E-state index in [9.17, 15) is 0 Å². The second-order valence-electron chi connectivity index (χ2n) is 5.29. The van der Waals surface area contributed by atoms with E-state index >= 15 is 0 Å². The van der Waals surface area contributed by atoms with Gasteiger partial charge in [0.25, 0.3) is 0 Å². The zero-order valence-electron chi connectivity index (χ0n) is 13.1. The van der Waals surface area contributed by atoms with Gasteiger partial charge >= 0.3 is 0 Å². The van der Waals surface area contributed by atoms with Crippen LogP contribution in [0.3, 0.4) is 0 Å². The summed E-state index contributed by atoms with van der Waals surface area (Å²) >= 11 is 0. The van der Waals surface area contributed by atoms with Crippen LogP contribution in [0.1, 0.15) is 43.1 Å². The van der Waals surface area contributed by atoms with Crippen LogP contribution in [0, 0.1) is 0 Å². The van der Waals surface area contributed by atoms with Gasteiger partial charge in [0.1, 0.15) is 12.4 Å². The summed E-state index contributed by atoms with van der Waals surface area (Å²) in [4.78, 5) is 4.58. The van der Waals surface area contributed by atoms with E-state index in [1.54, 1.807) is 0 Å². The molecule has 1 aromatic heterocycles. The van der Waals surface area contributed by atoms with Gasteiger partial charge in [0.15, 0.2) is 0 Å². The fourth-order valence-corrected chi connectivity index (χ4v) is 2.28. The zero-order valence-corrected chi connectivity index (χ0v) is 13.1. The number of nitrogens with zero attached hydrogens (tertiary/aromatic N) is 1. The number of nitrogens with one attached hydrogen (secondary N) is 1. The molecule has 3 heteroatoms. The van der Waals surface area contributed by atoms with Crippen molar-refractivity contribution in [1.82, 2.24) is 10.3 Å². The SMILES string of the molecule is CCC(C)c1ccccc1OCc1cccc(CNC)n1. The summed E-state index contributed by atoms with van der Waals surface area (Å²) in [6.45, 7) is 5.71. The number of rotatable bonds is 7. The highest BCUT2D eigenvalue weighted by Gasteiger charge is 2.09. The van der Waals surface area contributed by atoms with Gasteiger partial charge in [-0.25, -0.2) is 0 Å². The Bertz CT molecular complexity index is 569. The molecule has 0 amide bonds. The van der Waals surface area contributed by atoms with E-state index in [1.807, 2.05) is 37.4 Å². The second kappa shape index (κ2) is 7.79. The first-order valence-electron chi connectivity index (χ1n) is 7.55. The summed E-state index contributed by atoms with van der Waals surface area (Å²) in [7, 11) is 1.92. The first-order valence-corrected chi connectivity index (χ1v) is 7.55. The van der Waals surface area contributed by atoms with Crippen LogP contribution in [0.5, 0.6) is 5.75 Å². The Morgan fingerprint density at radius 3 is 2.62 bits per heavy atom. The predicted molar refractivity (Wildman–Crippen MR) is 86.5 cm³/mol. The zero-order chi connectivity index (χ0) is 15.1. The minimum absolute atomic E-state index is 0.504. The molecule has 1 heterocycles. The van der Waals surface area contributed by atoms with E-state index in [2.05, 4.69) is 36.3 Å². The monoisotopic (exact) mass is 284 g/mol. The summed E-state index contributed by atoms with van der Waals surface area (Å²) in [5, 5.41) is 3.11. The Morgan fingerprint density at radius 1 is 1.10 bits per heavy atom. The van der Waals surface area contributed by atoms with E-state index in [-0.39, 0.29) is 0 Å². The Hall–Kier alpha value is -1.87. The van der Waals surface area contributed by atoms with Crippen LogP contribution in [-0.2, 0) is 13.2 Å². The Morgan fingerprint density at radius 2 is 1.86 bits per heavy atom. The highest BCUT2D eigenvalue weighted by atomic mass is 16.5. The first kappa shape index (κ1) is 15.5. The van der Waals surface area contributed by atoms with Crippen LogP contribution < -0.4 is 10.1 Å². The third-order valence-corrected chi connectivity index (χ3v) is 3.66. The average molecular weight is 284 g/mol. The summed E-state index contributed by atoms with van der Waals surface area (Å²) in [5.41, 5.74) is 3.27. The van der Waals surface area contributed by atoms with Crippen LogP contribution >= 0.6 is 0 Å². The van der Waals surface area contributed by atoms with E-state index in [1.165, 1.54) is 5.56 Å². The number of hydrogen-bond acceptors (Lipinski definition) is 3. The molecule has 112 valence electrons. The number of pyridine rings is 1. The maximum absolute atomic E-state index is 6.00. The minimum Gasteiger partial charge on any atom is -0.487 e. The molecule has 1 aromatic carbocycles. The van der Waals surface area contributed by atoms with Crippen LogP contribution in [0.15, 0.2) is 42.5 Å². The van der Waals surface area contributed by atoms with Gasteiger partial charge in [0, 0.05) is 6.54 Å². The van der Waals surface area contributed by atoms with Gasteiger partial charge in [-0.1, -0.05) is 38.1 Å². The molecule has 0 bridgehead atoms. The van der Waals surface area contributed by atoms with Crippen molar-refractivity contribution in [3.05, 3.63) is 59.4 Å². The molecule has 2 aromatic rings. The highest BCUT2D eigenvalue weighted by molar-refractivity contribution is 5.36. The minimum atomic E-state index is 0.504. The molecule has 1 N–H and O–H groups in total. The van der Waals surface area contributed by atoms with Gasteiger partial charge in [-0.3, -0.25) is 4.98 Å². The van der Waals surface area contributed by atoms with Crippen LogP contribution in [-0.4, -0.2) is 12.0 Å². The molecule has 0 spiro atoms. The molecule has 1 unspecified atom stereocenters. The summed E-state index contributed by atoms with van der Waals surface area (Å²) in [6.07, 6.45) is 1.11. The Labute approximate surface area is 127 Å². The van der Waals surface area contributed by atoms with E-state index in [0.29, 0.717) is 12.5 Å². The molecule has 0 saturated heterocycles. The molecule has 0 saturated carbocycles. The van der Waals surface area contributed by atoms with Gasteiger partial charge < -0.3 is 10.1 Å². The molecular formula is C18H24N2O. The van der Waals surface area contributed by atoms with Crippen LogP contribution in [0.4, 0.5) is 0 Å². The first-order chi connectivity index (χ1) is 10.2. The van der Waals surface area contributed by atoms with Crippen molar-refractivity contribution in [2.24, 2.45) is 0 Å². The van der Waals surface area contributed by atoms with Crippen LogP contribution in [0.2, 0.25) is 0 Å². The lowest BCUT2D eigenvalue weighted by Gasteiger charge is -2.15. The van der Waals surface area contributed by atoms with Crippen LogP contribution in [0.25, 0.3) is 0 Å². The third kappa shape index (κ3) is 4.30. The molecule has 2 rings (SSSR count). The van der Waals surface area contributed by atoms with E-state index < -0.39 is 0 Å². The average Bonchev–Trinajstić information content (AvgIpc) is 2.53. The summed E-state index contributed by atoms with van der Waals surface area (Å²) in [5.74, 6) is 1.47. The molecule has 0 aliphatic heterocycles. The number of para-hydroxylation sites is 1. The number of ether oxygens (including phenoxy) is 1. The molecular weight excluding hydrogens is 260 g/mol. The van der Waals surface area contributed by atoms with Crippen molar-refractivity contribution >= 4 is 0 Å². The van der Waals surface area contributed by atoms with Gasteiger partial charge in [-0.2, -0.15) is 0 Å². The molecule has 1 atom stereocenters. The van der Waals surface area contributed by atoms with E-state index in [0.717, 1.165) is 30.1 Å². The fourth-order valence-electron chi connectivity index (χ4n) is 2.28. The largest absolute Gasteiger partial charge is 0.487 e. The van der Waals surface area contributed by atoms with Gasteiger partial charge in [-0.05, 0) is 43.1 Å². The van der Waals surface area contributed by atoms with Crippen molar-refractivity contribution < 1.29 is 4.74 Å². The molecule has 0 aliphatic rings. The molecule has 21 heavy (non-hydrogen) atoms. The maximum atomic E-state index is 6.00.